The van der Waals surface area contributed by atoms with Crippen molar-refractivity contribution in [2.24, 2.45) is 0 Å². The molecule has 0 spiro atoms. The molecule has 168 valence electrons. The Hall–Kier alpha value is -3.58. The molecule has 0 bridgehead atoms. The number of hydrogen-bond acceptors (Lipinski definition) is 6. The van der Waals surface area contributed by atoms with Crippen molar-refractivity contribution in [1.29, 1.82) is 0 Å². The van der Waals surface area contributed by atoms with Gasteiger partial charge in [-0.05, 0) is 36.3 Å². The van der Waals surface area contributed by atoms with Crippen LogP contribution in [-0.2, 0) is 14.3 Å². The summed E-state index contributed by atoms with van der Waals surface area (Å²) in [5.74, 6) is -0.589. The standard InChI is InChI=1S/C25H27NO6/c1-4-32-20-13-11-18(16-21(20)31-3)23-22(24(28)25(29)26(23)14-15-30-2)19(27)12-10-17-8-6-5-7-9-17/h5-13,16,23,28H,4,14-15H2,1-3H3/b12-10+. The van der Waals surface area contributed by atoms with Gasteiger partial charge in [-0.2, -0.15) is 0 Å². The highest BCUT2D eigenvalue weighted by molar-refractivity contribution is 6.14. The summed E-state index contributed by atoms with van der Waals surface area (Å²) in [6, 6.07) is 13.8. The van der Waals surface area contributed by atoms with Crippen LogP contribution < -0.4 is 9.47 Å². The number of amides is 1. The van der Waals surface area contributed by atoms with Gasteiger partial charge in [0.05, 0.1) is 31.9 Å². The molecule has 1 heterocycles. The monoisotopic (exact) mass is 437 g/mol. The Morgan fingerprint density at radius 1 is 1.12 bits per heavy atom. The minimum absolute atomic E-state index is 0.0181. The molecule has 1 aliphatic rings. The molecule has 2 aromatic carbocycles. The molecule has 1 aliphatic heterocycles. The summed E-state index contributed by atoms with van der Waals surface area (Å²) in [4.78, 5) is 27.4. The van der Waals surface area contributed by atoms with Crippen molar-refractivity contribution in [1.82, 2.24) is 4.90 Å². The highest BCUT2D eigenvalue weighted by Crippen LogP contribution is 2.40. The zero-order valence-corrected chi connectivity index (χ0v) is 18.4. The summed E-state index contributed by atoms with van der Waals surface area (Å²) in [5.41, 5.74) is 1.47. The van der Waals surface area contributed by atoms with Crippen LogP contribution in [0.4, 0.5) is 0 Å². The second-order valence-electron chi connectivity index (χ2n) is 7.11. The van der Waals surface area contributed by atoms with Crippen molar-refractivity contribution >= 4 is 17.8 Å². The van der Waals surface area contributed by atoms with E-state index in [0.717, 1.165) is 5.56 Å². The van der Waals surface area contributed by atoms with E-state index in [9.17, 15) is 14.7 Å². The zero-order valence-electron chi connectivity index (χ0n) is 18.4. The fraction of sp³-hybridized carbons (Fsp3) is 0.280. The van der Waals surface area contributed by atoms with Gasteiger partial charge in [0.2, 0.25) is 0 Å². The van der Waals surface area contributed by atoms with Gasteiger partial charge >= 0.3 is 0 Å². The number of carbonyl (C=O) groups is 2. The molecular weight excluding hydrogens is 410 g/mol. The van der Waals surface area contributed by atoms with E-state index in [-0.39, 0.29) is 18.7 Å². The van der Waals surface area contributed by atoms with Crippen molar-refractivity contribution < 1.29 is 28.9 Å². The predicted molar refractivity (Wildman–Crippen MR) is 121 cm³/mol. The van der Waals surface area contributed by atoms with Crippen LogP contribution in [0.15, 0.2) is 65.9 Å². The Labute approximate surface area is 187 Å². The number of ether oxygens (including phenoxy) is 3. The fourth-order valence-corrected chi connectivity index (χ4v) is 3.63. The average Bonchev–Trinajstić information content (AvgIpc) is 3.07. The van der Waals surface area contributed by atoms with E-state index in [4.69, 9.17) is 14.2 Å². The van der Waals surface area contributed by atoms with Gasteiger partial charge in [0.25, 0.3) is 5.91 Å². The summed E-state index contributed by atoms with van der Waals surface area (Å²) >= 11 is 0. The van der Waals surface area contributed by atoms with Gasteiger partial charge in [-0.1, -0.05) is 42.5 Å². The van der Waals surface area contributed by atoms with Crippen molar-refractivity contribution in [3.8, 4) is 11.5 Å². The third-order valence-electron chi connectivity index (χ3n) is 5.14. The van der Waals surface area contributed by atoms with Gasteiger partial charge in [-0.25, -0.2) is 0 Å². The van der Waals surface area contributed by atoms with Crippen LogP contribution in [0.5, 0.6) is 11.5 Å². The minimum atomic E-state index is -0.782. The molecule has 7 nitrogen and oxygen atoms in total. The highest BCUT2D eigenvalue weighted by Gasteiger charge is 2.42. The number of benzene rings is 2. The van der Waals surface area contributed by atoms with E-state index in [2.05, 4.69) is 0 Å². The molecular formula is C25H27NO6. The van der Waals surface area contributed by atoms with Gasteiger partial charge in [0.1, 0.15) is 0 Å². The first-order chi connectivity index (χ1) is 15.5. The molecule has 3 rings (SSSR count). The molecule has 0 fully saturated rings. The molecule has 2 aromatic rings. The van der Waals surface area contributed by atoms with Crippen LogP contribution in [0, 0.1) is 0 Å². The molecule has 1 unspecified atom stereocenters. The van der Waals surface area contributed by atoms with E-state index in [1.807, 2.05) is 37.3 Å². The van der Waals surface area contributed by atoms with Crippen LogP contribution >= 0.6 is 0 Å². The smallest absolute Gasteiger partial charge is 0.290 e. The first-order valence-corrected chi connectivity index (χ1v) is 10.3. The zero-order chi connectivity index (χ0) is 23.1. The molecule has 1 N–H and O–H groups in total. The lowest BCUT2D eigenvalue weighted by Gasteiger charge is -2.27. The molecule has 7 heteroatoms. The average molecular weight is 437 g/mol. The number of hydrogen-bond donors (Lipinski definition) is 1. The Kier molecular flexibility index (Phi) is 7.68. The van der Waals surface area contributed by atoms with Crippen molar-refractivity contribution in [3.05, 3.63) is 77.1 Å². The summed E-state index contributed by atoms with van der Waals surface area (Å²) < 4.78 is 16.1. The predicted octanol–water partition coefficient (Wildman–Crippen LogP) is 3.72. The van der Waals surface area contributed by atoms with E-state index in [1.54, 1.807) is 24.3 Å². The first kappa shape index (κ1) is 23.1. The Morgan fingerprint density at radius 3 is 2.53 bits per heavy atom. The van der Waals surface area contributed by atoms with Gasteiger partial charge in [0.15, 0.2) is 23.0 Å². The van der Waals surface area contributed by atoms with E-state index < -0.39 is 23.5 Å². The molecule has 0 aliphatic carbocycles. The van der Waals surface area contributed by atoms with Crippen LogP contribution in [-0.4, -0.2) is 55.7 Å². The number of rotatable bonds is 10. The molecule has 0 saturated carbocycles. The summed E-state index contributed by atoms with van der Waals surface area (Å²) in [6.45, 7) is 2.79. The quantitative estimate of drug-likeness (QED) is 0.571. The number of methoxy groups -OCH3 is 2. The van der Waals surface area contributed by atoms with Gasteiger partial charge in [-0.15, -0.1) is 0 Å². The van der Waals surface area contributed by atoms with Crippen molar-refractivity contribution in [3.63, 3.8) is 0 Å². The van der Waals surface area contributed by atoms with Crippen molar-refractivity contribution in [2.45, 2.75) is 13.0 Å². The van der Waals surface area contributed by atoms with Crippen LogP contribution in [0.25, 0.3) is 6.08 Å². The van der Waals surface area contributed by atoms with E-state index >= 15 is 0 Å². The number of carbonyl (C=O) groups excluding carboxylic acids is 2. The lowest BCUT2D eigenvalue weighted by atomic mass is 9.95. The van der Waals surface area contributed by atoms with Gasteiger partial charge in [0, 0.05) is 13.7 Å². The Morgan fingerprint density at radius 2 is 1.88 bits per heavy atom. The van der Waals surface area contributed by atoms with Gasteiger partial charge in [-0.3, -0.25) is 9.59 Å². The maximum absolute atomic E-state index is 13.1. The fourth-order valence-electron chi connectivity index (χ4n) is 3.63. The summed E-state index contributed by atoms with van der Waals surface area (Å²) in [7, 11) is 3.05. The second kappa shape index (κ2) is 10.6. The molecule has 0 aromatic heterocycles. The van der Waals surface area contributed by atoms with Gasteiger partial charge < -0.3 is 24.2 Å². The maximum atomic E-state index is 13.1. The maximum Gasteiger partial charge on any atom is 0.290 e. The third kappa shape index (κ3) is 4.84. The number of nitrogens with zero attached hydrogens (tertiary/aromatic N) is 1. The largest absolute Gasteiger partial charge is 0.503 e. The Balaban J connectivity index is 2.02. The first-order valence-electron chi connectivity index (χ1n) is 10.3. The topological polar surface area (TPSA) is 85.3 Å². The number of aliphatic hydroxyl groups excluding tert-OH is 1. The van der Waals surface area contributed by atoms with Crippen molar-refractivity contribution in [2.75, 3.05) is 34.0 Å². The Bertz CT molecular complexity index is 1030. The second-order valence-corrected chi connectivity index (χ2v) is 7.11. The summed E-state index contributed by atoms with van der Waals surface area (Å²) in [6.07, 6.45) is 3.02. The van der Waals surface area contributed by atoms with Crippen LogP contribution in [0.3, 0.4) is 0 Å². The minimum Gasteiger partial charge on any atom is -0.503 e. The number of aliphatic hydroxyl groups is 1. The summed E-state index contributed by atoms with van der Waals surface area (Å²) in [5, 5.41) is 10.6. The highest BCUT2D eigenvalue weighted by atomic mass is 16.5. The van der Waals surface area contributed by atoms with E-state index in [1.165, 1.54) is 25.2 Å². The lowest BCUT2D eigenvalue weighted by Crippen LogP contribution is -2.33. The van der Waals surface area contributed by atoms with Crippen LogP contribution in [0.1, 0.15) is 24.1 Å². The lowest BCUT2D eigenvalue weighted by molar-refractivity contribution is -0.130. The molecule has 0 saturated heterocycles. The SMILES string of the molecule is CCOc1ccc(C2C(C(=O)/C=C/c3ccccc3)=C(O)C(=O)N2CCOC)cc1OC. The molecule has 32 heavy (non-hydrogen) atoms. The van der Waals surface area contributed by atoms with E-state index in [0.29, 0.717) is 23.7 Å². The molecule has 1 atom stereocenters. The normalized spacial score (nSPS) is 16.2. The number of allylic oxidation sites excluding steroid dienone is 1. The molecule has 0 radical (unpaired) electrons. The molecule has 1 amide bonds. The third-order valence-corrected chi connectivity index (χ3v) is 5.14. The van der Waals surface area contributed by atoms with Crippen LogP contribution in [0.2, 0.25) is 0 Å². The number of ketones is 1.